The summed E-state index contributed by atoms with van der Waals surface area (Å²) in [5.74, 6) is 0.144. The third kappa shape index (κ3) is 6.81. The number of aryl methyl sites for hydroxylation is 1. The number of hydrogen-bond acceptors (Lipinski definition) is 3. The molecule has 1 aromatic rings. The lowest BCUT2D eigenvalue weighted by atomic mass is 9.71. The Labute approximate surface area is 153 Å². The normalized spacial score (nSPS) is 20.4. The largest absolute Gasteiger partial charge is 0.373 e. The summed E-state index contributed by atoms with van der Waals surface area (Å²) in [5.41, 5.74) is 2.02. The quantitative estimate of drug-likeness (QED) is 0.316. The zero-order valence-corrected chi connectivity index (χ0v) is 16.3. The predicted octanol–water partition coefficient (Wildman–Crippen LogP) is 6.28. The van der Waals surface area contributed by atoms with Crippen molar-refractivity contribution in [2.75, 3.05) is 0 Å². The maximum absolute atomic E-state index is 12.2. The molecule has 0 amide bonds. The highest BCUT2D eigenvalue weighted by Crippen LogP contribution is 2.43. The van der Waals surface area contributed by atoms with Crippen molar-refractivity contribution in [2.24, 2.45) is 11.3 Å². The SMILES string of the molecule is CCCCCCc1ccc(C(=O)OO[C]2CC(C)CC(C)(C)C2)cc1. The third-order valence-corrected chi connectivity index (χ3v) is 4.90. The van der Waals surface area contributed by atoms with Crippen molar-refractivity contribution in [3.63, 3.8) is 0 Å². The molecule has 1 aromatic carbocycles. The Bertz CT molecular complexity index is 533. The van der Waals surface area contributed by atoms with Gasteiger partial charge < -0.3 is 0 Å². The van der Waals surface area contributed by atoms with E-state index in [4.69, 9.17) is 9.78 Å². The zero-order valence-electron chi connectivity index (χ0n) is 16.3. The zero-order chi connectivity index (χ0) is 18.3. The van der Waals surface area contributed by atoms with E-state index in [1.165, 1.54) is 37.7 Å². The highest BCUT2D eigenvalue weighted by Gasteiger charge is 2.34. The first-order chi connectivity index (χ1) is 11.9. The van der Waals surface area contributed by atoms with Gasteiger partial charge >= 0.3 is 5.97 Å². The second-order valence-electron chi connectivity index (χ2n) is 8.35. The highest BCUT2D eigenvalue weighted by molar-refractivity contribution is 5.88. The molecular formula is C22H33O3. The fourth-order valence-electron chi connectivity index (χ4n) is 3.85. The summed E-state index contributed by atoms with van der Waals surface area (Å²) in [5, 5.41) is 0. The van der Waals surface area contributed by atoms with Gasteiger partial charge in [0.25, 0.3) is 0 Å². The predicted molar refractivity (Wildman–Crippen MR) is 101 cm³/mol. The summed E-state index contributed by atoms with van der Waals surface area (Å²) in [4.78, 5) is 22.7. The van der Waals surface area contributed by atoms with E-state index in [1.54, 1.807) is 0 Å². The Hall–Kier alpha value is -1.35. The van der Waals surface area contributed by atoms with E-state index in [2.05, 4.69) is 27.7 Å². The van der Waals surface area contributed by atoms with Crippen molar-refractivity contribution in [2.45, 2.75) is 79.1 Å². The Morgan fingerprint density at radius 3 is 2.52 bits per heavy atom. The average Bonchev–Trinajstić information content (AvgIpc) is 2.55. The maximum Gasteiger partial charge on any atom is 0.373 e. The van der Waals surface area contributed by atoms with Crippen molar-refractivity contribution in [1.82, 2.24) is 0 Å². The Morgan fingerprint density at radius 1 is 1.16 bits per heavy atom. The summed E-state index contributed by atoms with van der Waals surface area (Å²) in [6.45, 7) is 8.89. The molecule has 1 unspecified atom stereocenters. The molecule has 0 N–H and O–H groups in total. The van der Waals surface area contributed by atoms with Crippen LogP contribution in [0.4, 0.5) is 0 Å². The Balaban J connectivity index is 1.78. The van der Waals surface area contributed by atoms with E-state index in [9.17, 15) is 4.79 Å². The molecule has 1 atom stereocenters. The van der Waals surface area contributed by atoms with Crippen LogP contribution in [0.25, 0.3) is 0 Å². The van der Waals surface area contributed by atoms with Gasteiger partial charge in [-0.1, -0.05) is 59.1 Å². The molecule has 0 aliphatic heterocycles. The van der Waals surface area contributed by atoms with Crippen molar-refractivity contribution >= 4 is 5.97 Å². The molecular weight excluding hydrogens is 312 g/mol. The molecule has 1 aliphatic rings. The second-order valence-corrected chi connectivity index (χ2v) is 8.35. The van der Waals surface area contributed by atoms with E-state index >= 15 is 0 Å². The molecule has 0 spiro atoms. The van der Waals surface area contributed by atoms with Crippen molar-refractivity contribution in [3.8, 4) is 0 Å². The first-order valence-corrected chi connectivity index (χ1v) is 9.72. The fraction of sp³-hybridized carbons (Fsp3) is 0.636. The molecule has 1 aliphatic carbocycles. The van der Waals surface area contributed by atoms with Crippen molar-refractivity contribution in [3.05, 3.63) is 41.5 Å². The molecule has 3 nitrogen and oxygen atoms in total. The summed E-state index contributed by atoms with van der Waals surface area (Å²) in [6.07, 6.45) is 9.84. The molecule has 139 valence electrons. The molecule has 0 aromatic heterocycles. The van der Waals surface area contributed by atoms with Crippen LogP contribution in [0.2, 0.25) is 0 Å². The van der Waals surface area contributed by atoms with Gasteiger partial charge in [-0.25, -0.2) is 4.79 Å². The summed E-state index contributed by atoms with van der Waals surface area (Å²) >= 11 is 0. The number of hydrogen-bond donors (Lipinski definition) is 0. The van der Waals surface area contributed by atoms with Gasteiger partial charge in [0, 0.05) is 0 Å². The van der Waals surface area contributed by atoms with E-state index in [0.29, 0.717) is 11.5 Å². The van der Waals surface area contributed by atoms with Crippen molar-refractivity contribution in [1.29, 1.82) is 0 Å². The van der Waals surface area contributed by atoms with Crippen LogP contribution >= 0.6 is 0 Å². The molecule has 0 bridgehead atoms. The molecule has 1 saturated carbocycles. The molecule has 1 radical (unpaired) electrons. The van der Waals surface area contributed by atoms with Gasteiger partial charge in [0.05, 0.1) is 5.56 Å². The second kappa shape index (κ2) is 9.38. The number of carbonyl (C=O) groups excluding carboxylic acids is 1. The van der Waals surface area contributed by atoms with Crippen LogP contribution in [0.1, 0.15) is 88.6 Å². The van der Waals surface area contributed by atoms with Gasteiger partial charge in [-0.3, -0.25) is 4.89 Å². The van der Waals surface area contributed by atoms with Gasteiger partial charge in [0.15, 0.2) is 0 Å². The molecule has 25 heavy (non-hydrogen) atoms. The van der Waals surface area contributed by atoms with Gasteiger partial charge in [-0.05, 0) is 61.1 Å². The molecule has 2 rings (SSSR count). The third-order valence-electron chi connectivity index (χ3n) is 4.90. The first-order valence-electron chi connectivity index (χ1n) is 9.72. The van der Waals surface area contributed by atoms with Crippen molar-refractivity contribution < 1.29 is 14.6 Å². The summed E-state index contributed by atoms with van der Waals surface area (Å²) in [7, 11) is 0. The number of benzene rings is 1. The fourth-order valence-corrected chi connectivity index (χ4v) is 3.85. The Morgan fingerprint density at radius 2 is 1.88 bits per heavy atom. The standard InChI is InChI=1S/C22H33O3/c1-5-6-7-8-9-18-10-12-19(13-11-18)21(23)25-24-20-14-17(2)15-22(3,4)16-20/h10-13,17H,5-9,14-16H2,1-4H3. The minimum atomic E-state index is -0.416. The van der Waals surface area contributed by atoms with Crippen LogP contribution in [0.5, 0.6) is 0 Å². The highest BCUT2D eigenvalue weighted by atomic mass is 17.2. The number of carbonyl (C=O) groups is 1. The lowest BCUT2D eigenvalue weighted by Gasteiger charge is -2.36. The Kier molecular flexibility index (Phi) is 7.49. The molecule has 0 saturated heterocycles. The average molecular weight is 346 g/mol. The number of unbranched alkanes of at least 4 members (excludes halogenated alkanes) is 3. The van der Waals surface area contributed by atoms with Crippen LogP contribution in [-0.2, 0) is 16.2 Å². The monoisotopic (exact) mass is 345 g/mol. The van der Waals surface area contributed by atoms with Gasteiger partial charge in [-0.2, -0.15) is 4.89 Å². The van der Waals surface area contributed by atoms with Gasteiger partial charge in [-0.15, -0.1) is 0 Å². The van der Waals surface area contributed by atoms with E-state index < -0.39 is 5.97 Å². The maximum atomic E-state index is 12.2. The first kappa shape index (κ1) is 20.0. The minimum absolute atomic E-state index is 0.207. The topological polar surface area (TPSA) is 35.5 Å². The smallest absolute Gasteiger partial charge is 0.292 e. The summed E-state index contributed by atoms with van der Waals surface area (Å²) < 4.78 is 0. The van der Waals surface area contributed by atoms with Crippen LogP contribution in [0.3, 0.4) is 0 Å². The minimum Gasteiger partial charge on any atom is -0.292 e. The van der Waals surface area contributed by atoms with E-state index in [-0.39, 0.29) is 5.41 Å². The molecule has 1 fully saturated rings. The summed E-state index contributed by atoms with van der Waals surface area (Å²) in [6, 6.07) is 7.70. The van der Waals surface area contributed by atoms with Crippen LogP contribution in [-0.4, -0.2) is 5.97 Å². The van der Waals surface area contributed by atoms with Gasteiger partial charge in [0.1, 0.15) is 6.10 Å². The van der Waals surface area contributed by atoms with Crippen LogP contribution in [0, 0.1) is 17.4 Å². The molecule has 3 heteroatoms. The molecule has 0 heterocycles. The number of rotatable bonds is 8. The van der Waals surface area contributed by atoms with Gasteiger partial charge in [0.2, 0.25) is 0 Å². The lowest BCUT2D eigenvalue weighted by Crippen LogP contribution is -2.28. The van der Waals surface area contributed by atoms with Crippen LogP contribution < -0.4 is 0 Å². The van der Waals surface area contributed by atoms with Crippen LogP contribution in [0.15, 0.2) is 24.3 Å². The van der Waals surface area contributed by atoms with E-state index in [0.717, 1.165) is 25.4 Å². The van der Waals surface area contributed by atoms with E-state index in [1.807, 2.05) is 24.3 Å². The lowest BCUT2D eigenvalue weighted by molar-refractivity contribution is -0.245.